The Bertz CT molecular complexity index is 1790. The summed E-state index contributed by atoms with van der Waals surface area (Å²) in [4.78, 5) is 0. The van der Waals surface area contributed by atoms with Crippen molar-refractivity contribution in [3.05, 3.63) is 83.6 Å². The topological polar surface area (TPSA) is 8.29 Å². The lowest BCUT2D eigenvalue weighted by Crippen LogP contribution is -2.65. The number of hydrogen-bond donors (Lipinski definition) is 0. The van der Waals surface area contributed by atoms with E-state index in [-0.39, 0.29) is 11.0 Å². The largest absolute Gasteiger partial charge is 0.296 e. The van der Waals surface area contributed by atoms with Crippen LogP contribution in [0.1, 0.15) is 111 Å². The number of rotatable bonds is 11. The third-order valence-corrected chi connectivity index (χ3v) is 11.4. The van der Waals surface area contributed by atoms with Crippen LogP contribution in [0.25, 0.3) is 38.6 Å². The summed E-state index contributed by atoms with van der Waals surface area (Å²) in [5.74, 6) is 1.26. The summed E-state index contributed by atoms with van der Waals surface area (Å²) >= 11 is 0. The zero-order valence-electron chi connectivity index (χ0n) is 28.1. The third-order valence-electron chi connectivity index (χ3n) is 11.4. The highest BCUT2D eigenvalue weighted by Crippen LogP contribution is 2.51. The Hall–Kier alpha value is -3.13. The third kappa shape index (κ3) is 4.54. The summed E-state index contributed by atoms with van der Waals surface area (Å²) in [5, 5.41) is 4.18. The first kappa shape index (κ1) is 29.9. The maximum absolute atomic E-state index is 2.72. The van der Waals surface area contributed by atoms with E-state index >= 15 is 0 Å². The molecular weight excluding hydrogens is 520 g/mol. The summed E-state index contributed by atoms with van der Waals surface area (Å²) in [5.41, 5.74) is 10.0. The molecule has 0 saturated carbocycles. The lowest BCUT2D eigenvalue weighted by Gasteiger charge is -2.46. The SMILES string of the molecule is CCCCCC(C)Cc1cccc(CC(C)C)c1-c1c[n+]2c3c4c(cccc4c4ccccc4n13)C(C)(CC)C2(C)CC. The van der Waals surface area contributed by atoms with Crippen LogP contribution in [-0.2, 0) is 23.8 Å². The van der Waals surface area contributed by atoms with Gasteiger partial charge in [0.15, 0.2) is 5.69 Å². The van der Waals surface area contributed by atoms with Crippen LogP contribution in [0.3, 0.4) is 0 Å². The molecule has 5 aromatic rings. The van der Waals surface area contributed by atoms with E-state index in [4.69, 9.17) is 0 Å². The molecule has 6 rings (SSSR count). The van der Waals surface area contributed by atoms with Crippen molar-refractivity contribution in [1.82, 2.24) is 4.40 Å². The fraction of sp³-hybridized carbons (Fsp3) is 0.488. The van der Waals surface area contributed by atoms with Gasteiger partial charge in [0.25, 0.3) is 5.65 Å². The molecular formula is C41H53N2+. The van der Waals surface area contributed by atoms with Gasteiger partial charge in [0.1, 0.15) is 17.3 Å². The van der Waals surface area contributed by atoms with Crippen LogP contribution < -0.4 is 4.57 Å². The van der Waals surface area contributed by atoms with E-state index in [1.54, 1.807) is 0 Å². The molecule has 3 unspecified atom stereocenters. The molecule has 43 heavy (non-hydrogen) atoms. The molecule has 2 aromatic heterocycles. The fourth-order valence-electron chi connectivity index (χ4n) is 8.54. The Balaban J connectivity index is 1.74. The minimum atomic E-state index is -0.0460. The van der Waals surface area contributed by atoms with Crippen molar-refractivity contribution < 1.29 is 4.57 Å². The maximum atomic E-state index is 2.72. The van der Waals surface area contributed by atoms with Crippen LogP contribution in [0, 0.1) is 11.8 Å². The number of aromatic nitrogens is 2. The Morgan fingerprint density at radius 3 is 2.16 bits per heavy atom. The summed E-state index contributed by atoms with van der Waals surface area (Å²) in [7, 11) is 0. The maximum Gasteiger partial charge on any atom is 0.296 e. The monoisotopic (exact) mass is 573 g/mol. The molecule has 0 N–H and O–H groups in total. The Labute approximate surface area is 260 Å². The summed E-state index contributed by atoms with van der Waals surface area (Å²) in [6.07, 6.45) is 12.2. The van der Waals surface area contributed by atoms with Gasteiger partial charge >= 0.3 is 0 Å². The minimum Gasteiger partial charge on any atom is -0.223 e. The van der Waals surface area contributed by atoms with E-state index in [0.29, 0.717) is 11.8 Å². The molecule has 226 valence electrons. The van der Waals surface area contributed by atoms with Crippen molar-refractivity contribution in [2.75, 3.05) is 0 Å². The average molecular weight is 574 g/mol. The van der Waals surface area contributed by atoms with Crippen molar-refractivity contribution in [2.45, 2.75) is 118 Å². The van der Waals surface area contributed by atoms with Gasteiger partial charge in [-0.3, -0.25) is 0 Å². The van der Waals surface area contributed by atoms with E-state index in [1.807, 2.05) is 0 Å². The lowest BCUT2D eigenvalue weighted by atomic mass is 9.62. The Kier molecular flexibility index (Phi) is 7.95. The van der Waals surface area contributed by atoms with Gasteiger partial charge in [-0.2, -0.15) is 4.40 Å². The van der Waals surface area contributed by atoms with Gasteiger partial charge < -0.3 is 0 Å². The van der Waals surface area contributed by atoms with E-state index < -0.39 is 0 Å². The highest BCUT2D eigenvalue weighted by atomic mass is 15.2. The number of nitrogens with zero attached hydrogens (tertiary/aromatic N) is 2. The van der Waals surface area contributed by atoms with Crippen molar-refractivity contribution in [1.29, 1.82) is 0 Å². The molecule has 3 aromatic carbocycles. The Morgan fingerprint density at radius 1 is 0.767 bits per heavy atom. The average Bonchev–Trinajstić information content (AvgIpc) is 3.41. The molecule has 0 bridgehead atoms. The minimum absolute atomic E-state index is 0.0224. The molecule has 0 spiro atoms. The molecule has 3 atom stereocenters. The van der Waals surface area contributed by atoms with Crippen LogP contribution in [0.2, 0.25) is 0 Å². The van der Waals surface area contributed by atoms with Gasteiger partial charge in [-0.1, -0.05) is 129 Å². The zero-order chi connectivity index (χ0) is 30.5. The van der Waals surface area contributed by atoms with E-state index in [9.17, 15) is 0 Å². The van der Waals surface area contributed by atoms with Crippen LogP contribution in [0.15, 0.2) is 66.9 Å². The smallest absolute Gasteiger partial charge is 0.223 e. The second-order valence-corrected chi connectivity index (χ2v) is 14.5. The number of hydrogen-bond acceptors (Lipinski definition) is 0. The number of benzene rings is 3. The van der Waals surface area contributed by atoms with Gasteiger partial charge in [-0.15, -0.1) is 0 Å². The molecule has 1 aliphatic heterocycles. The van der Waals surface area contributed by atoms with E-state index in [0.717, 1.165) is 25.7 Å². The van der Waals surface area contributed by atoms with Crippen LogP contribution in [0.5, 0.6) is 0 Å². The summed E-state index contributed by atoms with van der Waals surface area (Å²) < 4.78 is 5.38. The number of pyridine rings is 1. The quantitative estimate of drug-likeness (QED) is 0.0844. The van der Waals surface area contributed by atoms with Gasteiger partial charge in [-0.05, 0) is 67.2 Å². The summed E-state index contributed by atoms with van der Waals surface area (Å²) in [6.45, 7) is 19.3. The number of imidazole rings is 1. The van der Waals surface area contributed by atoms with Crippen molar-refractivity contribution >= 4 is 27.3 Å². The predicted octanol–water partition coefficient (Wildman–Crippen LogP) is 11.0. The zero-order valence-corrected chi connectivity index (χ0v) is 28.1. The molecule has 0 radical (unpaired) electrons. The van der Waals surface area contributed by atoms with Crippen LogP contribution in [-0.4, -0.2) is 4.40 Å². The van der Waals surface area contributed by atoms with Gasteiger partial charge in [0.05, 0.1) is 5.39 Å². The molecule has 3 heterocycles. The molecule has 0 amide bonds. The van der Waals surface area contributed by atoms with Gasteiger partial charge in [0.2, 0.25) is 0 Å². The number of para-hydroxylation sites is 1. The van der Waals surface area contributed by atoms with Crippen molar-refractivity contribution in [2.24, 2.45) is 11.8 Å². The second-order valence-electron chi connectivity index (χ2n) is 14.5. The fourth-order valence-corrected chi connectivity index (χ4v) is 8.54. The van der Waals surface area contributed by atoms with E-state index in [2.05, 4.69) is 131 Å². The molecule has 2 nitrogen and oxygen atoms in total. The highest BCUT2D eigenvalue weighted by Gasteiger charge is 2.54. The first-order valence-electron chi connectivity index (χ1n) is 17.2. The van der Waals surface area contributed by atoms with E-state index in [1.165, 1.54) is 81.0 Å². The standard InChI is InChI=1S/C41H53N2/c1-9-12-13-18-29(6)26-31-20-16-19-30(25-28(4)5)37(31)36-27-42-39-38-33(32-21-14-15-24-35(32)43(36)39)22-17-23-34(38)40(7,10-2)41(42,8)11-3/h14-17,19-24,27-29H,9-13,18,25-26H2,1-8H3/q+1. The van der Waals surface area contributed by atoms with Gasteiger partial charge in [0, 0.05) is 21.8 Å². The first-order chi connectivity index (χ1) is 20.7. The molecule has 0 fully saturated rings. The van der Waals surface area contributed by atoms with Gasteiger partial charge in [-0.25, -0.2) is 4.57 Å². The number of unbranched alkanes of at least 4 members (excludes halogenated alkanes) is 2. The predicted molar refractivity (Wildman–Crippen MR) is 185 cm³/mol. The van der Waals surface area contributed by atoms with Crippen molar-refractivity contribution in [3.8, 4) is 11.3 Å². The Morgan fingerprint density at radius 2 is 1.47 bits per heavy atom. The number of fused-ring (bicyclic) bond motifs is 3. The molecule has 0 saturated heterocycles. The first-order valence-corrected chi connectivity index (χ1v) is 17.2. The second kappa shape index (κ2) is 11.4. The summed E-state index contributed by atoms with van der Waals surface area (Å²) in [6, 6.07) is 23.4. The molecule has 2 heteroatoms. The normalized spacial score (nSPS) is 20.7. The highest BCUT2D eigenvalue weighted by molar-refractivity contribution is 6.13. The van der Waals surface area contributed by atoms with Crippen molar-refractivity contribution in [3.63, 3.8) is 0 Å². The molecule has 0 aliphatic carbocycles. The van der Waals surface area contributed by atoms with Crippen LogP contribution >= 0.6 is 0 Å². The van der Waals surface area contributed by atoms with Crippen LogP contribution in [0.4, 0.5) is 0 Å². The molecule has 1 aliphatic rings. The lowest BCUT2D eigenvalue weighted by molar-refractivity contribution is -0.750.